The van der Waals surface area contributed by atoms with Crippen molar-refractivity contribution in [2.45, 2.75) is 17.0 Å². The number of aromatic nitrogens is 2. The van der Waals surface area contributed by atoms with Crippen molar-refractivity contribution in [1.82, 2.24) is 14.3 Å². The molecule has 27 heavy (non-hydrogen) atoms. The van der Waals surface area contributed by atoms with Gasteiger partial charge in [-0.2, -0.15) is 4.31 Å². The average molecular weight is 394 g/mol. The number of halogens is 1. The third-order valence-electron chi connectivity index (χ3n) is 4.83. The van der Waals surface area contributed by atoms with Gasteiger partial charge in [0.25, 0.3) is 0 Å². The van der Waals surface area contributed by atoms with E-state index < -0.39 is 15.8 Å². The average Bonchev–Trinajstić information content (AvgIpc) is 3.14. The highest BCUT2D eigenvalue weighted by Crippen LogP contribution is 2.30. The predicted molar refractivity (Wildman–Crippen MR) is 94.6 cm³/mol. The van der Waals surface area contributed by atoms with Crippen LogP contribution in [0.1, 0.15) is 0 Å². The molecule has 0 amide bonds. The van der Waals surface area contributed by atoms with Crippen LogP contribution >= 0.6 is 0 Å². The summed E-state index contributed by atoms with van der Waals surface area (Å²) in [6, 6.07) is 6.06. The van der Waals surface area contributed by atoms with Gasteiger partial charge in [0.05, 0.1) is 43.2 Å². The Morgan fingerprint density at radius 2 is 1.89 bits per heavy atom. The molecular formula is C17H19FN4O4S. The molecule has 2 aromatic rings. The molecule has 8 nitrogen and oxygen atoms in total. The van der Waals surface area contributed by atoms with Crippen LogP contribution in [0.15, 0.2) is 41.6 Å². The lowest BCUT2D eigenvalue weighted by molar-refractivity contribution is 0.0325. The number of anilines is 1. The number of benzene rings is 1. The Morgan fingerprint density at radius 1 is 1.19 bits per heavy atom. The molecule has 3 heterocycles. The van der Waals surface area contributed by atoms with Crippen LogP contribution in [0.5, 0.6) is 5.75 Å². The van der Waals surface area contributed by atoms with Gasteiger partial charge in [0, 0.05) is 19.6 Å². The van der Waals surface area contributed by atoms with Crippen LogP contribution < -0.4 is 9.64 Å². The quantitative estimate of drug-likeness (QED) is 0.762. The van der Waals surface area contributed by atoms with E-state index in [-0.39, 0.29) is 30.1 Å². The molecule has 0 radical (unpaired) electrons. The van der Waals surface area contributed by atoms with Crippen LogP contribution in [-0.2, 0) is 14.8 Å². The van der Waals surface area contributed by atoms with Crippen LogP contribution in [-0.4, -0.2) is 68.2 Å². The van der Waals surface area contributed by atoms with E-state index in [9.17, 15) is 12.8 Å². The second kappa shape index (κ2) is 7.02. The molecule has 2 aliphatic heterocycles. The summed E-state index contributed by atoms with van der Waals surface area (Å²) in [7, 11) is -2.14. The van der Waals surface area contributed by atoms with Crippen molar-refractivity contribution in [3.8, 4) is 5.75 Å². The molecule has 0 spiro atoms. The van der Waals surface area contributed by atoms with E-state index in [1.54, 1.807) is 12.1 Å². The largest absolute Gasteiger partial charge is 0.497 e. The first-order valence-corrected chi connectivity index (χ1v) is 9.93. The smallest absolute Gasteiger partial charge is 0.243 e. The van der Waals surface area contributed by atoms with E-state index in [1.165, 1.54) is 23.5 Å². The highest BCUT2D eigenvalue weighted by Gasteiger charge is 2.45. The molecular weight excluding hydrogens is 375 g/mol. The summed E-state index contributed by atoms with van der Waals surface area (Å²) in [4.78, 5) is 10.1. The lowest BCUT2D eigenvalue weighted by Crippen LogP contribution is -2.51. The fourth-order valence-electron chi connectivity index (χ4n) is 3.45. The van der Waals surface area contributed by atoms with E-state index in [0.717, 1.165) is 12.4 Å². The van der Waals surface area contributed by atoms with Gasteiger partial charge in [-0.05, 0) is 24.3 Å². The van der Waals surface area contributed by atoms with Gasteiger partial charge in [-0.3, -0.25) is 0 Å². The molecule has 144 valence electrons. The lowest BCUT2D eigenvalue weighted by atomic mass is 10.1. The number of morpholine rings is 1. The van der Waals surface area contributed by atoms with E-state index >= 15 is 0 Å². The van der Waals surface area contributed by atoms with E-state index in [4.69, 9.17) is 9.47 Å². The zero-order chi connectivity index (χ0) is 19.0. The number of ether oxygens (including phenoxy) is 2. The van der Waals surface area contributed by atoms with Crippen molar-refractivity contribution in [3.63, 3.8) is 0 Å². The first-order chi connectivity index (χ1) is 13.0. The minimum absolute atomic E-state index is 0.200. The van der Waals surface area contributed by atoms with Gasteiger partial charge < -0.3 is 14.4 Å². The molecule has 0 saturated carbocycles. The summed E-state index contributed by atoms with van der Waals surface area (Å²) < 4.78 is 51.4. The van der Waals surface area contributed by atoms with Crippen molar-refractivity contribution >= 4 is 16.0 Å². The third-order valence-corrected chi connectivity index (χ3v) is 6.67. The fourth-order valence-corrected chi connectivity index (χ4v) is 4.92. The minimum atomic E-state index is -3.66. The maximum atomic E-state index is 13.1. The molecule has 10 heteroatoms. The predicted octanol–water partition coefficient (Wildman–Crippen LogP) is 0.903. The second-order valence-electron chi connectivity index (χ2n) is 6.37. The zero-order valence-electron chi connectivity index (χ0n) is 14.7. The second-order valence-corrected chi connectivity index (χ2v) is 8.31. The summed E-state index contributed by atoms with van der Waals surface area (Å²) in [5, 5.41) is 0. The Balaban J connectivity index is 1.57. The maximum Gasteiger partial charge on any atom is 0.243 e. The van der Waals surface area contributed by atoms with Gasteiger partial charge in [-0.1, -0.05) is 0 Å². The Kier molecular flexibility index (Phi) is 4.70. The van der Waals surface area contributed by atoms with Crippen LogP contribution in [0.3, 0.4) is 0 Å². The SMILES string of the molecule is COc1ccc(S(=O)(=O)N2C[C@@H]3OCCN(c4ncc(F)cn4)[C@H]3C2)cc1. The number of hydrogen-bond donors (Lipinski definition) is 0. The van der Waals surface area contributed by atoms with E-state index in [1.807, 2.05) is 4.90 Å². The van der Waals surface area contributed by atoms with E-state index in [0.29, 0.717) is 24.8 Å². The summed E-state index contributed by atoms with van der Waals surface area (Å²) in [6.45, 7) is 1.44. The minimum Gasteiger partial charge on any atom is -0.497 e. The van der Waals surface area contributed by atoms with Crippen LogP contribution in [0.4, 0.5) is 10.3 Å². The summed E-state index contributed by atoms with van der Waals surface area (Å²) in [5.74, 6) is 0.448. The molecule has 0 unspecified atom stereocenters. The lowest BCUT2D eigenvalue weighted by Gasteiger charge is -2.36. The molecule has 0 N–H and O–H groups in total. The van der Waals surface area contributed by atoms with Gasteiger partial charge in [-0.25, -0.2) is 22.8 Å². The molecule has 2 saturated heterocycles. The molecule has 0 aliphatic carbocycles. The van der Waals surface area contributed by atoms with Crippen molar-refractivity contribution in [2.24, 2.45) is 0 Å². The van der Waals surface area contributed by atoms with Gasteiger partial charge >= 0.3 is 0 Å². The Bertz CT molecular complexity index is 908. The summed E-state index contributed by atoms with van der Waals surface area (Å²) in [6.07, 6.45) is 1.92. The molecule has 1 aromatic carbocycles. The highest BCUT2D eigenvalue weighted by molar-refractivity contribution is 7.89. The van der Waals surface area contributed by atoms with Crippen LogP contribution in [0.2, 0.25) is 0 Å². The molecule has 0 bridgehead atoms. The van der Waals surface area contributed by atoms with Gasteiger partial charge in [0.1, 0.15) is 5.75 Å². The number of hydrogen-bond acceptors (Lipinski definition) is 7. The van der Waals surface area contributed by atoms with Crippen molar-refractivity contribution in [2.75, 3.05) is 38.3 Å². The van der Waals surface area contributed by atoms with E-state index in [2.05, 4.69) is 9.97 Å². The van der Waals surface area contributed by atoms with Crippen LogP contribution in [0.25, 0.3) is 0 Å². The molecule has 2 aliphatic rings. The van der Waals surface area contributed by atoms with Crippen molar-refractivity contribution < 1.29 is 22.3 Å². The first-order valence-electron chi connectivity index (χ1n) is 8.49. The van der Waals surface area contributed by atoms with Gasteiger partial charge in [0.15, 0.2) is 5.82 Å². The Hall–Kier alpha value is -2.30. The number of methoxy groups -OCH3 is 1. The highest BCUT2D eigenvalue weighted by atomic mass is 32.2. The third kappa shape index (κ3) is 3.35. The molecule has 2 atom stereocenters. The number of nitrogens with zero attached hydrogens (tertiary/aromatic N) is 4. The van der Waals surface area contributed by atoms with Crippen LogP contribution in [0, 0.1) is 5.82 Å². The molecule has 2 fully saturated rings. The number of rotatable bonds is 4. The van der Waals surface area contributed by atoms with Gasteiger partial charge in [-0.15, -0.1) is 0 Å². The Morgan fingerprint density at radius 3 is 2.56 bits per heavy atom. The summed E-state index contributed by atoms with van der Waals surface area (Å²) >= 11 is 0. The molecule has 4 rings (SSSR count). The first kappa shape index (κ1) is 18.1. The molecule has 1 aromatic heterocycles. The normalized spacial score (nSPS) is 23.3. The van der Waals surface area contributed by atoms with Crippen molar-refractivity contribution in [1.29, 1.82) is 0 Å². The maximum absolute atomic E-state index is 13.1. The number of sulfonamides is 1. The fraction of sp³-hybridized carbons (Fsp3) is 0.412. The summed E-state index contributed by atoms with van der Waals surface area (Å²) in [5.41, 5.74) is 0. The van der Waals surface area contributed by atoms with Crippen molar-refractivity contribution in [3.05, 3.63) is 42.5 Å². The standard InChI is InChI=1S/C17H19FN4O4S/c1-25-13-2-4-14(5-3-13)27(23,24)21-10-15-16(11-21)26-7-6-22(15)17-19-8-12(18)9-20-17/h2-5,8-9,15-16H,6-7,10-11H2,1H3/t15-,16-/m0/s1. The Labute approximate surface area is 156 Å². The monoisotopic (exact) mass is 394 g/mol. The topological polar surface area (TPSA) is 84.9 Å². The number of fused-ring (bicyclic) bond motifs is 1. The zero-order valence-corrected chi connectivity index (χ0v) is 15.5. The van der Waals surface area contributed by atoms with Gasteiger partial charge in [0.2, 0.25) is 16.0 Å².